The van der Waals surface area contributed by atoms with Crippen molar-refractivity contribution < 1.29 is 19.0 Å². The van der Waals surface area contributed by atoms with Crippen LogP contribution in [0.4, 0.5) is 5.82 Å². The molecule has 1 atom stereocenters. The Bertz CT molecular complexity index is 991. The molecule has 28 heavy (non-hydrogen) atoms. The van der Waals surface area contributed by atoms with Crippen molar-refractivity contribution in [3.05, 3.63) is 54.2 Å². The van der Waals surface area contributed by atoms with E-state index in [1.54, 1.807) is 40.1 Å². The Labute approximate surface area is 162 Å². The molecule has 3 heterocycles. The first-order valence-corrected chi connectivity index (χ1v) is 8.73. The van der Waals surface area contributed by atoms with Crippen LogP contribution in [0.25, 0.3) is 5.69 Å². The maximum Gasteiger partial charge on any atom is 0.226 e. The van der Waals surface area contributed by atoms with Crippen molar-refractivity contribution in [2.75, 3.05) is 26.6 Å². The monoisotopic (exact) mass is 380 g/mol. The van der Waals surface area contributed by atoms with Gasteiger partial charge in [0.25, 0.3) is 0 Å². The van der Waals surface area contributed by atoms with Crippen LogP contribution in [0.3, 0.4) is 0 Å². The lowest BCUT2D eigenvalue weighted by atomic mass is 9.89. The zero-order valence-corrected chi connectivity index (χ0v) is 15.8. The fourth-order valence-corrected chi connectivity index (χ4v) is 3.48. The summed E-state index contributed by atoms with van der Waals surface area (Å²) in [6, 6.07) is 7.46. The molecule has 144 valence electrons. The van der Waals surface area contributed by atoms with Gasteiger partial charge >= 0.3 is 0 Å². The number of amides is 1. The van der Waals surface area contributed by atoms with E-state index in [0.29, 0.717) is 23.1 Å². The number of hydrogen-bond acceptors (Lipinski definition) is 6. The van der Waals surface area contributed by atoms with Crippen molar-refractivity contribution in [1.29, 1.82) is 0 Å². The van der Waals surface area contributed by atoms with Gasteiger partial charge in [0.05, 0.1) is 38.9 Å². The Balaban J connectivity index is 1.83. The molecule has 0 spiro atoms. The number of pyridine rings is 1. The Hall–Kier alpha value is -3.55. The van der Waals surface area contributed by atoms with Gasteiger partial charge in [-0.15, -0.1) is 0 Å². The first-order valence-electron chi connectivity index (χ1n) is 8.73. The lowest BCUT2D eigenvalue weighted by Gasteiger charge is -2.24. The van der Waals surface area contributed by atoms with E-state index < -0.39 is 0 Å². The molecule has 0 unspecified atom stereocenters. The lowest BCUT2D eigenvalue weighted by molar-refractivity contribution is -0.116. The number of methoxy groups -OCH3 is 3. The Morgan fingerprint density at radius 2 is 1.89 bits per heavy atom. The second kappa shape index (κ2) is 7.22. The second-order valence-corrected chi connectivity index (χ2v) is 6.32. The third kappa shape index (κ3) is 2.92. The van der Waals surface area contributed by atoms with Crippen LogP contribution < -0.4 is 19.5 Å². The Kier molecular flexibility index (Phi) is 4.60. The van der Waals surface area contributed by atoms with E-state index in [2.05, 4.69) is 15.3 Å². The molecule has 0 fully saturated rings. The summed E-state index contributed by atoms with van der Waals surface area (Å²) in [6.07, 6.45) is 5.38. The Morgan fingerprint density at radius 1 is 1.14 bits per heavy atom. The highest BCUT2D eigenvalue weighted by Crippen LogP contribution is 2.44. The highest BCUT2D eigenvalue weighted by Gasteiger charge is 2.32. The fraction of sp³-hybridized carbons (Fsp3) is 0.250. The third-order valence-corrected chi connectivity index (χ3v) is 4.79. The van der Waals surface area contributed by atoms with Crippen LogP contribution in [0.1, 0.15) is 23.6 Å². The van der Waals surface area contributed by atoms with Crippen molar-refractivity contribution >= 4 is 11.7 Å². The molecule has 2 aromatic heterocycles. The highest BCUT2D eigenvalue weighted by atomic mass is 16.5. The van der Waals surface area contributed by atoms with Crippen LogP contribution in [-0.2, 0) is 4.79 Å². The highest BCUT2D eigenvalue weighted by molar-refractivity contribution is 5.94. The van der Waals surface area contributed by atoms with Crippen molar-refractivity contribution in [1.82, 2.24) is 14.5 Å². The number of hydrogen-bond donors (Lipinski definition) is 1. The number of ether oxygens (including phenoxy) is 3. The maximum absolute atomic E-state index is 12.5. The molecule has 0 saturated heterocycles. The predicted molar refractivity (Wildman–Crippen MR) is 103 cm³/mol. The Morgan fingerprint density at radius 3 is 2.50 bits per heavy atom. The van der Waals surface area contributed by atoms with E-state index in [9.17, 15) is 4.79 Å². The number of benzene rings is 1. The van der Waals surface area contributed by atoms with Crippen molar-refractivity contribution in [2.45, 2.75) is 12.3 Å². The van der Waals surface area contributed by atoms with Gasteiger partial charge in [0.1, 0.15) is 12.1 Å². The van der Waals surface area contributed by atoms with E-state index in [1.165, 1.54) is 0 Å². The van der Waals surface area contributed by atoms with E-state index in [1.807, 2.05) is 28.8 Å². The van der Waals surface area contributed by atoms with Gasteiger partial charge in [0.15, 0.2) is 11.5 Å². The molecule has 0 saturated carbocycles. The number of carbonyl (C=O) groups excluding carboxylic acids is 1. The van der Waals surface area contributed by atoms with Gasteiger partial charge in [0.2, 0.25) is 11.7 Å². The molecule has 3 aromatic rings. The van der Waals surface area contributed by atoms with Gasteiger partial charge in [-0.05, 0) is 29.8 Å². The number of fused-ring (bicyclic) bond motifs is 1. The maximum atomic E-state index is 12.5. The lowest BCUT2D eigenvalue weighted by Crippen LogP contribution is -2.25. The molecule has 0 aliphatic carbocycles. The quantitative estimate of drug-likeness (QED) is 0.732. The predicted octanol–water partition coefficient (Wildman–Crippen LogP) is 2.77. The largest absolute Gasteiger partial charge is 0.493 e. The number of nitrogens with one attached hydrogen (secondary N) is 1. The van der Waals surface area contributed by atoms with Crippen LogP contribution in [-0.4, -0.2) is 41.8 Å². The standard InChI is InChI=1S/C20H20N4O4/c1-26-15-7-12(8-16(27-2)19(15)28-3)14-9-17(25)23-20-18(14)22-11-24(20)13-5-4-6-21-10-13/h4-8,10-11,14H,9H2,1-3H3,(H,23,25)/t14-/m0/s1. The zero-order valence-electron chi connectivity index (χ0n) is 15.8. The summed E-state index contributed by atoms with van der Waals surface area (Å²) in [5, 5.41) is 2.93. The van der Waals surface area contributed by atoms with Crippen LogP contribution in [0.5, 0.6) is 17.2 Å². The first-order chi connectivity index (χ1) is 13.7. The number of anilines is 1. The van der Waals surface area contributed by atoms with Gasteiger partial charge < -0.3 is 19.5 Å². The molecule has 1 N–H and O–H groups in total. The molecular formula is C20H20N4O4. The van der Waals surface area contributed by atoms with Gasteiger partial charge in [-0.2, -0.15) is 0 Å². The first kappa shape index (κ1) is 17.8. The van der Waals surface area contributed by atoms with E-state index in [-0.39, 0.29) is 18.2 Å². The molecule has 0 bridgehead atoms. The SMILES string of the molecule is COc1cc([C@@H]2CC(=O)Nc3c2ncn3-c2cccnc2)cc(OC)c1OC. The minimum atomic E-state index is -0.240. The van der Waals surface area contributed by atoms with Crippen LogP contribution in [0.15, 0.2) is 43.0 Å². The summed E-state index contributed by atoms with van der Waals surface area (Å²) in [7, 11) is 4.69. The molecule has 8 heteroatoms. The average Bonchev–Trinajstić information content (AvgIpc) is 3.16. The molecule has 1 aromatic carbocycles. The summed E-state index contributed by atoms with van der Waals surface area (Å²) in [5.74, 6) is 1.90. The number of imidazole rings is 1. The number of rotatable bonds is 5. The van der Waals surface area contributed by atoms with E-state index in [0.717, 1.165) is 16.9 Å². The number of carbonyl (C=O) groups is 1. The van der Waals surface area contributed by atoms with Crippen molar-refractivity contribution in [2.24, 2.45) is 0 Å². The smallest absolute Gasteiger partial charge is 0.226 e. The molecule has 1 aliphatic rings. The van der Waals surface area contributed by atoms with Crippen molar-refractivity contribution in [3.63, 3.8) is 0 Å². The van der Waals surface area contributed by atoms with Gasteiger partial charge in [-0.1, -0.05) is 0 Å². The van der Waals surface area contributed by atoms with Crippen LogP contribution in [0.2, 0.25) is 0 Å². The summed E-state index contributed by atoms with van der Waals surface area (Å²) in [4.78, 5) is 21.2. The molecule has 0 radical (unpaired) electrons. The minimum Gasteiger partial charge on any atom is -0.493 e. The van der Waals surface area contributed by atoms with Crippen molar-refractivity contribution in [3.8, 4) is 22.9 Å². The fourth-order valence-electron chi connectivity index (χ4n) is 3.48. The summed E-state index contributed by atoms with van der Waals surface area (Å²) in [5.41, 5.74) is 2.46. The number of nitrogens with zero attached hydrogens (tertiary/aromatic N) is 3. The number of aromatic nitrogens is 3. The second-order valence-electron chi connectivity index (χ2n) is 6.32. The summed E-state index contributed by atoms with van der Waals surface area (Å²) in [6.45, 7) is 0. The third-order valence-electron chi connectivity index (χ3n) is 4.79. The van der Waals surface area contributed by atoms with E-state index in [4.69, 9.17) is 14.2 Å². The van der Waals surface area contributed by atoms with E-state index >= 15 is 0 Å². The minimum absolute atomic E-state index is 0.0862. The van der Waals surface area contributed by atoms with Crippen LogP contribution >= 0.6 is 0 Å². The average molecular weight is 380 g/mol. The topological polar surface area (TPSA) is 87.5 Å². The molecule has 8 nitrogen and oxygen atoms in total. The summed E-state index contributed by atoms with van der Waals surface area (Å²) < 4.78 is 18.1. The normalized spacial score (nSPS) is 15.5. The molecule has 1 amide bonds. The van der Waals surface area contributed by atoms with Gasteiger partial charge in [-0.25, -0.2) is 4.98 Å². The van der Waals surface area contributed by atoms with Crippen LogP contribution in [0, 0.1) is 0 Å². The van der Waals surface area contributed by atoms with Gasteiger partial charge in [-0.3, -0.25) is 14.3 Å². The summed E-state index contributed by atoms with van der Waals surface area (Å²) >= 11 is 0. The zero-order chi connectivity index (χ0) is 19.7. The van der Waals surface area contributed by atoms with Gasteiger partial charge in [0, 0.05) is 18.5 Å². The molecule has 1 aliphatic heterocycles. The molecule has 4 rings (SSSR count). The molecular weight excluding hydrogens is 360 g/mol.